The van der Waals surface area contributed by atoms with Gasteiger partial charge in [0.2, 0.25) is 5.91 Å². The number of carbonyl (C=O) groups excluding carboxylic acids is 1. The van der Waals surface area contributed by atoms with Crippen molar-refractivity contribution >= 4 is 39.9 Å². The lowest BCUT2D eigenvalue weighted by atomic mass is 10.2. The highest BCUT2D eigenvalue weighted by Crippen LogP contribution is 2.29. The van der Waals surface area contributed by atoms with Crippen LogP contribution in [-0.4, -0.2) is 26.2 Å². The van der Waals surface area contributed by atoms with Crippen molar-refractivity contribution < 1.29 is 9.18 Å². The molecule has 3 aromatic rings. The van der Waals surface area contributed by atoms with Crippen LogP contribution in [0, 0.1) is 5.82 Å². The summed E-state index contributed by atoms with van der Waals surface area (Å²) in [5.74, 6) is -0.434. The summed E-state index contributed by atoms with van der Waals surface area (Å²) in [6.07, 6.45) is 6.94. The van der Waals surface area contributed by atoms with Crippen LogP contribution >= 0.6 is 22.9 Å². The summed E-state index contributed by atoms with van der Waals surface area (Å²) in [4.78, 5) is 19.4. The first-order valence-corrected chi connectivity index (χ1v) is 9.22. The largest absolute Gasteiger partial charge is 0.332 e. The second-order valence-corrected chi connectivity index (χ2v) is 7.20. The predicted octanol–water partition coefficient (Wildman–Crippen LogP) is 4.39. The maximum atomic E-state index is 13.9. The predicted molar refractivity (Wildman–Crippen MR) is 97.1 cm³/mol. The van der Waals surface area contributed by atoms with Gasteiger partial charge in [-0.2, -0.15) is 0 Å². The molecule has 2 heterocycles. The van der Waals surface area contributed by atoms with Crippen LogP contribution in [0.15, 0.2) is 41.9 Å². The number of rotatable bonds is 5. The molecule has 1 saturated carbocycles. The molecule has 4 rings (SSSR count). The van der Waals surface area contributed by atoms with E-state index in [1.807, 2.05) is 16.0 Å². The number of fused-ring (bicyclic) bond motifs is 1. The molecular weight excluding hydrogens is 361 g/mol. The van der Waals surface area contributed by atoms with Gasteiger partial charge in [-0.15, -0.1) is 11.3 Å². The highest BCUT2D eigenvalue weighted by Gasteiger charge is 2.32. The van der Waals surface area contributed by atoms with Gasteiger partial charge in [0.05, 0.1) is 5.69 Å². The van der Waals surface area contributed by atoms with Gasteiger partial charge in [0, 0.05) is 35.8 Å². The Kier molecular flexibility index (Phi) is 4.31. The van der Waals surface area contributed by atoms with Gasteiger partial charge in [0.1, 0.15) is 5.82 Å². The number of hydrogen-bond acceptors (Lipinski definition) is 3. The van der Waals surface area contributed by atoms with Crippen molar-refractivity contribution in [3.8, 4) is 0 Å². The summed E-state index contributed by atoms with van der Waals surface area (Å²) >= 11 is 7.62. The fraction of sp³-hybridized carbons (Fsp3) is 0.222. The second-order valence-electron chi connectivity index (χ2n) is 5.97. The van der Waals surface area contributed by atoms with E-state index < -0.39 is 0 Å². The van der Waals surface area contributed by atoms with Crippen LogP contribution in [-0.2, 0) is 11.3 Å². The molecule has 1 fully saturated rings. The molecule has 0 radical (unpaired) electrons. The van der Waals surface area contributed by atoms with Crippen LogP contribution in [0.25, 0.3) is 11.0 Å². The van der Waals surface area contributed by atoms with Crippen molar-refractivity contribution in [2.75, 3.05) is 0 Å². The van der Waals surface area contributed by atoms with Gasteiger partial charge in [-0.25, -0.2) is 9.37 Å². The third-order valence-electron chi connectivity index (χ3n) is 4.21. The Hall–Kier alpha value is -2.18. The van der Waals surface area contributed by atoms with Crippen molar-refractivity contribution in [2.45, 2.75) is 25.4 Å². The Morgan fingerprint density at radius 1 is 1.44 bits per heavy atom. The molecule has 0 bridgehead atoms. The molecule has 0 atom stereocenters. The van der Waals surface area contributed by atoms with Crippen LogP contribution in [0.3, 0.4) is 0 Å². The minimum atomic E-state index is -0.288. The van der Waals surface area contributed by atoms with E-state index in [4.69, 9.17) is 11.6 Å². The third kappa shape index (κ3) is 3.32. The zero-order valence-electron chi connectivity index (χ0n) is 13.2. The maximum absolute atomic E-state index is 13.9. The number of thiazole rings is 1. The lowest BCUT2D eigenvalue weighted by Gasteiger charge is -2.21. The average Bonchev–Trinajstić information content (AvgIpc) is 3.26. The molecule has 1 aliphatic rings. The average molecular weight is 376 g/mol. The highest BCUT2D eigenvalue weighted by atomic mass is 35.5. The Balaban J connectivity index is 1.56. The monoisotopic (exact) mass is 375 g/mol. The van der Waals surface area contributed by atoms with E-state index in [1.54, 1.807) is 29.2 Å². The number of aromatic nitrogens is 2. The Labute approximate surface area is 153 Å². The van der Waals surface area contributed by atoms with E-state index >= 15 is 0 Å². The van der Waals surface area contributed by atoms with Crippen LogP contribution in [0.4, 0.5) is 4.39 Å². The first-order chi connectivity index (χ1) is 12.1. The molecule has 1 aliphatic carbocycles. The number of nitrogens with zero attached hydrogens (tertiary/aromatic N) is 3. The van der Waals surface area contributed by atoms with Crippen molar-refractivity contribution in [3.05, 3.63) is 64.1 Å². The molecule has 4 nitrogen and oxygen atoms in total. The molecule has 1 aromatic carbocycles. The molecule has 128 valence electrons. The third-order valence-corrected chi connectivity index (χ3v) is 5.24. The number of amides is 1. The smallest absolute Gasteiger partial charge is 0.247 e. The summed E-state index contributed by atoms with van der Waals surface area (Å²) in [5, 5.41) is 2.27. The van der Waals surface area contributed by atoms with Crippen molar-refractivity contribution in [1.82, 2.24) is 14.3 Å². The Bertz CT molecular complexity index is 960. The van der Waals surface area contributed by atoms with E-state index in [0.29, 0.717) is 16.4 Å². The zero-order valence-corrected chi connectivity index (χ0v) is 14.8. The van der Waals surface area contributed by atoms with Gasteiger partial charge < -0.3 is 4.90 Å². The van der Waals surface area contributed by atoms with Crippen LogP contribution in [0.2, 0.25) is 5.15 Å². The Morgan fingerprint density at radius 2 is 2.24 bits per heavy atom. The Morgan fingerprint density at radius 3 is 3.00 bits per heavy atom. The SMILES string of the molecule is O=C(/C=C/c1c(Cl)nc2sccn12)N(Cc1ccccc1F)C1CC1. The van der Waals surface area contributed by atoms with E-state index in [2.05, 4.69) is 4.98 Å². The summed E-state index contributed by atoms with van der Waals surface area (Å²) in [5.41, 5.74) is 1.20. The van der Waals surface area contributed by atoms with Gasteiger partial charge in [-0.05, 0) is 25.0 Å². The maximum Gasteiger partial charge on any atom is 0.247 e. The molecule has 1 amide bonds. The molecule has 7 heteroatoms. The van der Waals surface area contributed by atoms with E-state index in [9.17, 15) is 9.18 Å². The first kappa shape index (κ1) is 16.3. The molecule has 0 N–H and O–H groups in total. The molecule has 0 aliphatic heterocycles. The lowest BCUT2D eigenvalue weighted by Crippen LogP contribution is -2.31. The first-order valence-electron chi connectivity index (χ1n) is 7.96. The normalized spacial score (nSPS) is 14.5. The topological polar surface area (TPSA) is 37.6 Å². The molecule has 2 aromatic heterocycles. The van der Waals surface area contributed by atoms with Gasteiger partial charge in [-0.1, -0.05) is 29.8 Å². The number of hydrogen-bond donors (Lipinski definition) is 0. The summed E-state index contributed by atoms with van der Waals surface area (Å²) in [7, 11) is 0. The summed E-state index contributed by atoms with van der Waals surface area (Å²) in [6.45, 7) is 0.272. The van der Waals surface area contributed by atoms with E-state index in [-0.39, 0.29) is 24.3 Å². The molecule has 0 spiro atoms. The molecule has 25 heavy (non-hydrogen) atoms. The minimum absolute atomic E-state index is 0.146. The van der Waals surface area contributed by atoms with Crippen LogP contribution in [0.5, 0.6) is 0 Å². The molecular formula is C18H15ClFN3OS. The van der Waals surface area contributed by atoms with Gasteiger partial charge in [0.25, 0.3) is 0 Å². The quantitative estimate of drug-likeness (QED) is 0.620. The fourth-order valence-corrected chi connectivity index (χ4v) is 3.76. The highest BCUT2D eigenvalue weighted by molar-refractivity contribution is 7.15. The number of imidazole rings is 1. The van der Waals surface area contributed by atoms with Gasteiger partial charge >= 0.3 is 0 Å². The number of benzene rings is 1. The van der Waals surface area contributed by atoms with Crippen LogP contribution in [0.1, 0.15) is 24.1 Å². The van der Waals surface area contributed by atoms with Gasteiger partial charge in [0.15, 0.2) is 10.1 Å². The molecule has 0 unspecified atom stereocenters. The number of carbonyl (C=O) groups is 1. The fourth-order valence-electron chi connectivity index (χ4n) is 2.76. The van der Waals surface area contributed by atoms with Crippen molar-refractivity contribution in [3.63, 3.8) is 0 Å². The summed E-state index contributed by atoms with van der Waals surface area (Å²) in [6, 6.07) is 6.74. The zero-order chi connectivity index (χ0) is 17.4. The van der Waals surface area contributed by atoms with Crippen molar-refractivity contribution in [1.29, 1.82) is 0 Å². The minimum Gasteiger partial charge on any atom is -0.332 e. The van der Waals surface area contributed by atoms with Gasteiger partial charge in [-0.3, -0.25) is 9.20 Å². The van der Waals surface area contributed by atoms with Crippen LogP contribution < -0.4 is 0 Å². The molecule has 0 saturated heterocycles. The number of halogens is 2. The second kappa shape index (κ2) is 6.61. The standard InChI is InChI=1S/C18H15ClFN3OS/c19-17-15(22-9-10-25-18(22)21-17)7-8-16(24)23(13-5-6-13)11-12-3-1-2-4-14(12)20/h1-4,7-10,13H,5-6,11H2/b8-7+. The van der Waals surface area contributed by atoms with E-state index in [1.165, 1.54) is 23.5 Å². The van der Waals surface area contributed by atoms with E-state index in [0.717, 1.165) is 17.8 Å². The van der Waals surface area contributed by atoms with Crippen molar-refractivity contribution in [2.24, 2.45) is 0 Å². The lowest BCUT2D eigenvalue weighted by molar-refractivity contribution is -0.127. The summed E-state index contributed by atoms with van der Waals surface area (Å²) < 4.78 is 15.8.